The molecule has 118 valence electrons. The Kier molecular flexibility index (Phi) is 3.59. The molecule has 0 saturated carbocycles. The summed E-state index contributed by atoms with van der Waals surface area (Å²) in [5, 5.41) is 0.479. The molecule has 5 nitrogen and oxygen atoms in total. The molecule has 2 heterocycles. The van der Waals surface area contributed by atoms with Gasteiger partial charge < -0.3 is 4.74 Å². The number of nitrogens with zero attached hydrogens (tertiary/aromatic N) is 2. The molecule has 3 aromatic rings. The minimum absolute atomic E-state index is 0.197. The zero-order valence-corrected chi connectivity index (χ0v) is 13.3. The fourth-order valence-electron chi connectivity index (χ4n) is 2.54. The predicted molar refractivity (Wildman–Crippen MR) is 89.3 cm³/mol. The van der Waals surface area contributed by atoms with Gasteiger partial charge in [0.1, 0.15) is 5.75 Å². The first kappa shape index (κ1) is 14.6. The number of thiazole rings is 1. The van der Waals surface area contributed by atoms with Crippen molar-refractivity contribution in [3.63, 3.8) is 0 Å². The summed E-state index contributed by atoms with van der Waals surface area (Å²) >= 11 is 1.32. The number of para-hydroxylation sites is 1. The van der Waals surface area contributed by atoms with Crippen LogP contribution in [0.25, 0.3) is 0 Å². The van der Waals surface area contributed by atoms with Gasteiger partial charge in [-0.1, -0.05) is 41.7 Å². The third kappa shape index (κ3) is 2.57. The van der Waals surface area contributed by atoms with Crippen LogP contribution in [0, 0.1) is 0 Å². The molecule has 0 bridgehead atoms. The second-order valence-corrected chi connectivity index (χ2v) is 6.33. The maximum absolute atomic E-state index is 12.4. The number of hydrogen-bond donors (Lipinski definition) is 0. The molecule has 24 heavy (non-hydrogen) atoms. The molecular weight excluding hydrogens is 324 g/mol. The van der Waals surface area contributed by atoms with Crippen LogP contribution < -0.4 is 4.74 Å². The maximum Gasteiger partial charge on any atom is 0.278 e. The molecule has 0 spiro atoms. The van der Waals surface area contributed by atoms with E-state index in [0.717, 1.165) is 4.88 Å². The summed E-state index contributed by atoms with van der Waals surface area (Å²) in [6, 6.07) is 16.2. The van der Waals surface area contributed by atoms with Gasteiger partial charge in [0.2, 0.25) is 0 Å². The monoisotopic (exact) mass is 336 g/mol. The van der Waals surface area contributed by atoms with Crippen LogP contribution in [0.5, 0.6) is 10.9 Å². The summed E-state index contributed by atoms with van der Waals surface area (Å²) in [5.74, 6) is 0.156. The lowest BCUT2D eigenvalue weighted by Gasteiger charge is -2.11. The van der Waals surface area contributed by atoms with Gasteiger partial charge in [-0.25, -0.2) is 4.98 Å². The highest BCUT2D eigenvalue weighted by atomic mass is 32.1. The van der Waals surface area contributed by atoms with Gasteiger partial charge in [-0.15, -0.1) is 0 Å². The van der Waals surface area contributed by atoms with E-state index in [1.807, 2.05) is 30.3 Å². The minimum atomic E-state index is -0.269. The summed E-state index contributed by atoms with van der Waals surface area (Å²) in [4.78, 5) is 31.0. The Hall–Kier alpha value is -2.99. The standard InChI is InChI=1S/C18H12N2O3S/c21-16-14-8-4-5-9-15(14)17(22)20(16)11-13-10-19-18(24-13)23-12-6-2-1-3-7-12/h1-10H,11H2. The first-order valence-electron chi connectivity index (χ1n) is 7.35. The Balaban J connectivity index is 1.51. The molecule has 1 aromatic heterocycles. The van der Waals surface area contributed by atoms with Crippen LogP contribution in [0.2, 0.25) is 0 Å². The van der Waals surface area contributed by atoms with Gasteiger partial charge in [-0.3, -0.25) is 14.5 Å². The van der Waals surface area contributed by atoms with Crippen molar-refractivity contribution in [2.24, 2.45) is 0 Å². The van der Waals surface area contributed by atoms with Crippen molar-refractivity contribution in [1.82, 2.24) is 9.88 Å². The van der Waals surface area contributed by atoms with Crippen LogP contribution in [0.3, 0.4) is 0 Å². The Morgan fingerprint density at radius 3 is 2.21 bits per heavy atom. The highest BCUT2D eigenvalue weighted by Gasteiger charge is 2.35. The second-order valence-electron chi connectivity index (χ2n) is 5.25. The smallest absolute Gasteiger partial charge is 0.278 e. The minimum Gasteiger partial charge on any atom is -0.431 e. The van der Waals surface area contributed by atoms with E-state index in [2.05, 4.69) is 4.98 Å². The second kappa shape index (κ2) is 5.90. The van der Waals surface area contributed by atoms with Crippen LogP contribution in [0.4, 0.5) is 0 Å². The van der Waals surface area contributed by atoms with E-state index in [1.165, 1.54) is 16.2 Å². The maximum atomic E-state index is 12.4. The van der Waals surface area contributed by atoms with Crippen molar-refractivity contribution in [2.75, 3.05) is 0 Å². The van der Waals surface area contributed by atoms with Crippen LogP contribution in [-0.2, 0) is 6.54 Å². The molecule has 2 amide bonds. The van der Waals surface area contributed by atoms with Gasteiger partial charge >= 0.3 is 0 Å². The number of carbonyl (C=O) groups is 2. The lowest BCUT2D eigenvalue weighted by Crippen LogP contribution is -2.28. The number of imide groups is 1. The molecule has 1 aliphatic rings. The van der Waals surface area contributed by atoms with Crippen molar-refractivity contribution in [1.29, 1.82) is 0 Å². The molecule has 0 atom stereocenters. The van der Waals surface area contributed by atoms with Crippen molar-refractivity contribution < 1.29 is 14.3 Å². The molecule has 6 heteroatoms. The van der Waals surface area contributed by atoms with E-state index in [-0.39, 0.29) is 18.4 Å². The van der Waals surface area contributed by atoms with Crippen LogP contribution >= 0.6 is 11.3 Å². The van der Waals surface area contributed by atoms with E-state index in [1.54, 1.807) is 30.5 Å². The van der Waals surface area contributed by atoms with E-state index in [9.17, 15) is 9.59 Å². The molecule has 1 aliphatic heterocycles. The van der Waals surface area contributed by atoms with E-state index in [4.69, 9.17) is 4.74 Å². The molecule has 0 N–H and O–H groups in total. The lowest BCUT2D eigenvalue weighted by molar-refractivity contribution is 0.0644. The summed E-state index contributed by atoms with van der Waals surface area (Å²) < 4.78 is 5.66. The van der Waals surface area contributed by atoms with Gasteiger partial charge in [0, 0.05) is 11.1 Å². The highest BCUT2D eigenvalue weighted by Crippen LogP contribution is 2.29. The van der Waals surface area contributed by atoms with Gasteiger partial charge in [0.25, 0.3) is 17.0 Å². The molecule has 4 rings (SSSR count). The third-order valence-electron chi connectivity index (χ3n) is 3.67. The lowest BCUT2D eigenvalue weighted by atomic mass is 10.1. The van der Waals surface area contributed by atoms with Crippen LogP contribution in [0.15, 0.2) is 60.8 Å². The molecular formula is C18H12N2O3S. The number of hydrogen-bond acceptors (Lipinski definition) is 5. The molecule has 0 radical (unpaired) electrons. The molecule has 0 saturated heterocycles. The third-order valence-corrected chi connectivity index (χ3v) is 4.53. The average molecular weight is 336 g/mol. The van der Waals surface area contributed by atoms with Crippen molar-refractivity contribution in [3.05, 3.63) is 76.8 Å². The number of rotatable bonds is 4. The van der Waals surface area contributed by atoms with Gasteiger partial charge in [0.15, 0.2) is 0 Å². The van der Waals surface area contributed by atoms with E-state index < -0.39 is 0 Å². The Labute approximate surface area is 142 Å². The number of aromatic nitrogens is 1. The van der Waals surface area contributed by atoms with Gasteiger partial charge in [0.05, 0.1) is 17.7 Å². The number of carbonyl (C=O) groups excluding carboxylic acids is 2. The Morgan fingerprint density at radius 1 is 0.917 bits per heavy atom. The zero-order chi connectivity index (χ0) is 16.5. The molecule has 0 unspecified atom stereocenters. The summed E-state index contributed by atoms with van der Waals surface area (Å²) in [6.45, 7) is 0.197. The van der Waals surface area contributed by atoms with E-state index in [0.29, 0.717) is 22.1 Å². The topological polar surface area (TPSA) is 59.5 Å². The number of ether oxygens (including phenoxy) is 1. The Bertz CT molecular complexity index is 886. The van der Waals surface area contributed by atoms with E-state index >= 15 is 0 Å². The quantitative estimate of drug-likeness (QED) is 0.681. The Morgan fingerprint density at radius 2 is 1.54 bits per heavy atom. The molecule has 0 fully saturated rings. The fraction of sp³-hybridized carbons (Fsp3) is 0.0556. The fourth-order valence-corrected chi connectivity index (χ4v) is 3.30. The number of fused-ring (bicyclic) bond motifs is 1. The number of amides is 2. The summed E-state index contributed by atoms with van der Waals surface area (Å²) in [5.41, 5.74) is 0.903. The first-order chi connectivity index (χ1) is 11.7. The predicted octanol–water partition coefficient (Wildman–Crippen LogP) is 3.73. The normalized spacial score (nSPS) is 13.2. The van der Waals surface area contributed by atoms with Crippen molar-refractivity contribution in [2.45, 2.75) is 6.54 Å². The van der Waals surface area contributed by atoms with Crippen LogP contribution in [-0.4, -0.2) is 21.7 Å². The molecule has 2 aromatic carbocycles. The zero-order valence-electron chi connectivity index (χ0n) is 12.5. The number of benzene rings is 2. The van der Waals surface area contributed by atoms with Crippen LogP contribution in [0.1, 0.15) is 25.6 Å². The van der Waals surface area contributed by atoms with Crippen molar-refractivity contribution in [3.8, 4) is 10.9 Å². The molecule has 0 aliphatic carbocycles. The SMILES string of the molecule is O=C1c2ccccc2C(=O)N1Cc1cnc(Oc2ccccc2)s1. The average Bonchev–Trinajstić information content (AvgIpc) is 3.15. The van der Waals surface area contributed by atoms with Gasteiger partial charge in [-0.05, 0) is 24.3 Å². The largest absolute Gasteiger partial charge is 0.431 e. The van der Waals surface area contributed by atoms with Gasteiger partial charge in [-0.2, -0.15) is 0 Å². The summed E-state index contributed by atoms with van der Waals surface area (Å²) in [7, 11) is 0. The summed E-state index contributed by atoms with van der Waals surface area (Å²) in [6.07, 6.45) is 1.63. The first-order valence-corrected chi connectivity index (χ1v) is 8.17. The van der Waals surface area contributed by atoms with Crippen molar-refractivity contribution >= 4 is 23.2 Å². The highest BCUT2D eigenvalue weighted by molar-refractivity contribution is 7.13.